The fourth-order valence-electron chi connectivity index (χ4n) is 1.20. The minimum absolute atomic E-state index is 0.848. The standard InChI is InChI=1S/C10H11N3S/c1-7-3-4-9(14-7)8-5-10(11-2)13-6-12-8/h3-6H,1-2H3,(H,11,12,13). The lowest BCUT2D eigenvalue weighted by molar-refractivity contribution is 1.17. The van der Waals surface area contributed by atoms with Crippen molar-refractivity contribution in [3.05, 3.63) is 29.4 Å². The van der Waals surface area contributed by atoms with E-state index in [2.05, 4.69) is 34.3 Å². The second-order valence-corrected chi connectivity index (χ2v) is 4.24. The lowest BCUT2D eigenvalue weighted by Gasteiger charge is -1.99. The van der Waals surface area contributed by atoms with E-state index in [4.69, 9.17) is 0 Å². The first-order chi connectivity index (χ1) is 6.79. The van der Waals surface area contributed by atoms with Gasteiger partial charge in [0.2, 0.25) is 0 Å². The monoisotopic (exact) mass is 205 g/mol. The number of hydrogen-bond donors (Lipinski definition) is 1. The number of thiophene rings is 1. The quantitative estimate of drug-likeness (QED) is 0.818. The smallest absolute Gasteiger partial charge is 0.129 e. The number of aromatic nitrogens is 2. The Morgan fingerprint density at radius 1 is 1.29 bits per heavy atom. The van der Waals surface area contributed by atoms with Crippen LogP contribution >= 0.6 is 11.3 Å². The minimum atomic E-state index is 0.848. The third kappa shape index (κ3) is 1.75. The molecular weight excluding hydrogens is 194 g/mol. The highest BCUT2D eigenvalue weighted by Gasteiger charge is 2.02. The average molecular weight is 205 g/mol. The van der Waals surface area contributed by atoms with Crippen LogP contribution in [0.1, 0.15) is 4.88 Å². The SMILES string of the molecule is CNc1cc(-c2ccc(C)s2)ncn1. The van der Waals surface area contributed by atoms with Gasteiger partial charge in [0.25, 0.3) is 0 Å². The zero-order chi connectivity index (χ0) is 9.97. The second-order valence-electron chi connectivity index (χ2n) is 2.95. The molecule has 0 fully saturated rings. The molecular formula is C10H11N3S. The molecule has 14 heavy (non-hydrogen) atoms. The molecule has 0 atom stereocenters. The van der Waals surface area contributed by atoms with Gasteiger partial charge in [0.05, 0.1) is 10.6 Å². The predicted molar refractivity (Wildman–Crippen MR) is 59.6 cm³/mol. The molecule has 2 aromatic rings. The fourth-order valence-corrected chi connectivity index (χ4v) is 2.04. The highest BCUT2D eigenvalue weighted by molar-refractivity contribution is 7.15. The third-order valence-electron chi connectivity index (χ3n) is 1.92. The summed E-state index contributed by atoms with van der Waals surface area (Å²) in [6, 6.07) is 6.13. The van der Waals surface area contributed by atoms with Crippen molar-refractivity contribution in [1.82, 2.24) is 9.97 Å². The van der Waals surface area contributed by atoms with Gasteiger partial charge in [0.15, 0.2) is 0 Å². The van der Waals surface area contributed by atoms with Gasteiger partial charge in [-0.25, -0.2) is 9.97 Å². The summed E-state index contributed by atoms with van der Waals surface area (Å²) >= 11 is 1.74. The van der Waals surface area contributed by atoms with Crippen molar-refractivity contribution in [2.24, 2.45) is 0 Å². The predicted octanol–water partition coefficient (Wildman–Crippen LogP) is 2.56. The summed E-state index contributed by atoms with van der Waals surface area (Å²) in [5.41, 5.74) is 0.974. The van der Waals surface area contributed by atoms with Crippen LogP contribution in [0.25, 0.3) is 10.6 Å². The summed E-state index contributed by atoms with van der Waals surface area (Å²) in [6.45, 7) is 2.09. The molecule has 0 aliphatic carbocycles. The minimum Gasteiger partial charge on any atom is -0.373 e. The number of nitrogens with one attached hydrogen (secondary N) is 1. The first-order valence-corrected chi connectivity index (χ1v) is 5.18. The largest absolute Gasteiger partial charge is 0.373 e. The van der Waals surface area contributed by atoms with Crippen molar-refractivity contribution >= 4 is 17.2 Å². The van der Waals surface area contributed by atoms with E-state index in [9.17, 15) is 0 Å². The molecule has 2 heterocycles. The summed E-state index contributed by atoms with van der Waals surface area (Å²) in [5.74, 6) is 0.848. The lowest BCUT2D eigenvalue weighted by atomic mass is 10.3. The van der Waals surface area contributed by atoms with Crippen molar-refractivity contribution < 1.29 is 0 Å². The Balaban J connectivity index is 2.41. The van der Waals surface area contributed by atoms with Gasteiger partial charge >= 0.3 is 0 Å². The molecule has 2 aromatic heterocycles. The van der Waals surface area contributed by atoms with E-state index < -0.39 is 0 Å². The Morgan fingerprint density at radius 2 is 2.14 bits per heavy atom. The Hall–Kier alpha value is -1.42. The van der Waals surface area contributed by atoms with E-state index in [0.29, 0.717) is 0 Å². The maximum absolute atomic E-state index is 4.23. The van der Waals surface area contributed by atoms with E-state index in [1.165, 1.54) is 9.75 Å². The van der Waals surface area contributed by atoms with Crippen molar-refractivity contribution in [2.45, 2.75) is 6.92 Å². The molecule has 2 rings (SSSR count). The molecule has 0 aliphatic rings. The van der Waals surface area contributed by atoms with Gasteiger partial charge in [-0.15, -0.1) is 11.3 Å². The van der Waals surface area contributed by atoms with Crippen molar-refractivity contribution in [3.8, 4) is 10.6 Å². The molecule has 0 aliphatic heterocycles. The zero-order valence-corrected chi connectivity index (χ0v) is 8.93. The molecule has 0 saturated carbocycles. The fraction of sp³-hybridized carbons (Fsp3) is 0.200. The Bertz CT molecular complexity index is 436. The molecule has 3 nitrogen and oxygen atoms in total. The summed E-state index contributed by atoms with van der Waals surface area (Å²) in [7, 11) is 1.85. The van der Waals surface area contributed by atoms with Gasteiger partial charge in [-0.3, -0.25) is 0 Å². The number of anilines is 1. The Kier molecular flexibility index (Phi) is 2.45. The Labute approximate surface area is 86.8 Å². The lowest BCUT2D eigenvalue weighted by Crippen LogP contribution is -1.93. The summed E-state index contributed by atoms with van der Waals surface area (Å²) in [6.07, 6.45) is 1.58. The molecule has 72 valence electrons. The van der Waals surface area contributed by atoms with Gasteiger partial charge in [0.1, 0.15) is 12.1 Å². The summed E-state index contributed by atoms with van der Waals surface area (Å²) in [4.78, 5) is 10.8. The molecule has 0 radical (unpaired) electrons. The molecule has 0 bridgehead atoms. The van der Waals surface area contributed by atoms with Crippen LogP contribution in [-0.2, 0) is 0 Å². The molecule has 4 heteroatoms. The molecule has 0 aromatic carbocycles. The first-order valence-electron chi connectivity index (χ1n) is 4.36. The van der Waals surface area contributed by atoms with Crippen LogP contribution in [-0.4, -0.2) is 17.0 Å². The van der Waals surface area contributed by atoms with E-state index in [-0.39, 0.29) is 0 Å². The molecule has 0 amide bonds. The topological polar surface area (TPSA) is 37.8 Å². The van der Waals surface area contributed by atoms with Gasteiger partial charge in [-0.1, -0.05) is 0 Å². The number of nitrogens with zero attached hydrogens (tertiary/aromatic N) is 2. The second kappa shape index (κ2) is 3.75. The zero-order valence-electron chi connectivity index (χ0n) is 8.11. The van der Waals surface area contributed by atoms with Crippen LogP contribution < -0.4 is 5.32 Å². The van der Waals surface area contributed by atoms with Crippen molar-refractivity contribution in [3.63, 3.8) is 0 Å². The van der Waals surface area contributed by atoms with Crippen LogP contribution in [0, 0.1) is 6.92 Å². The molecule has 1 N–H and O–H groups in total. The highest BCUT2D eigenvalue weighted by atomic mass is 32.1. The van der Waals surface area contributed by atoms with Crippen LogP contribution in [0.2, 0.25) is 0 Å². The first kappa shape index (κ1) is 9.15. The van der Waals surface area contributed by atoms with Gasteiger partial charge in [-0.05, 0) is 19.1 Å². The van der Waals surface area contributed by atoms with E-state index in [1.54, 1.807) is 17.7 Å². The van der Waals surface area contributed by atoms with Crippen molar-refractivity contribution in [2.75, 3.05) is 12.4 Å². The maximum Gasteiger partial charge on any atom is 0.129 e. The summed E-state index contributed by atoms with van der Waals surface area (Å²) < 4.78 is 0. The van der Waals surface area contributed by atoms with Crippen LogP contribution in [0.3, 0.4) is 0 Å². The van der Waals surface area contributed by atoms with E-state index >= 15 is 0 Å². The third-order valence-corrected chi connectivity index (χ3v) is 2.94. The Morgan fingerprint density at radius 3 is 2.79 bits per heavy atom. The van der Waals surface area contributed by atoms with Gasteiger partial charge < -0.3 is 5.32 Å². The van der Waals surface area contributed by atoms with Crippen LogP contribution in [0.4, 0.5) is 5.82 Å². The van der Waals surface area contributed by atoms with Crippen LogP contribution in [0.15, 0.2) is 24.5 Å². The van der Waals surface area contributed by atoms with E-state index in [0.717, 1.165) is 11.5 Å². The highest BCUT2D eigenvalue weighted by Crippen LogP contribution is 2.26. The number of aryl methyl sites for hydroxylation is 1. The van der Waals surface area contributed by atoms with E-state index in [1.807, 2.05) is 13.1 Å². The number of hydrogen-bond acceptors (Lipinski definition) is 4. The van der Waals surface area contributed by atoms with Gasteiger partial charge in [0, 0.05) is 18.0 Å². The molecule has 0 spiro atoms. The van der Waals surface area contributed by atoms with Crippen molar-refractivity contribution in [1.29, 1.82) is 0 Å². The summed E-state index contributed by atoms with van der Waals surface area (Å²) in [5, 5.41) is 3.00. The molecule has 0 unspecified atom stereocenters. The van der Waals surface area contributed by atoms with Crippen LogP contribution in [0.5, 0.6) is 0 Å². The average Bonchev–Trinajstić information content (AvgIpc) is 2.65. The normalized spacial score (nSPS) is 10.1. The van der Waals surface area contributed by atoms with Gasteiger partial charge in [-0.2, -0.15) is 0 Å². The number of rotatable bonds is 2. The molecule has 0 saturated heterocycles. The maximum atomic E-state index is 4.23.